The Morgan fingerprint density at radius 1 is 1.03 bits per heavy atom. The van der Waals surface area contributed by atoms with Gasteiger partial charge in [0.15, 0.2) is 0 Å². The quantitative estimate of drug-likeness (QED) is 0.245. The topological polar surface area (TPSA) is 78.9 Å². The molecule has 4 bridgehead atoms. The normalized spacial score (nSPS) is 39.1. The van der Waals surface area contributed by atoms with E-state index < -0.39 is 66.8 Å². The van der Waals surface area contributed by atoms with Crippen LogP contribution in [0, 0.1) is 41.4 Å². The lowest BCUT2D eigenvalue weighted by Gasteiger charge is -2.39. The van der Waals surface area contributed by atoms with Gasteiger partial charge in [-0.15, -0.1) is 0 Å². The molecule has 5 rings (SSSR count). The van der Waals surface area contributed by atoms with E-state index >= 15 is 0 Å². The molecule has 1 heterocycles. The fraction of sp³-hybridized carbons (Fsp3) is 0.885. The molecule has 36 heavy (non-hydrogen) atoms. The Labute approximate surface area is 207 Å². The lowest BCUT2D eigenvalue weighted by molar-refractivity contribution is -0.207. The molecule has 0 radical (unpaired) electrons. The lowest BCUT2D eigenvalue weighted by Crippen LogP contribution is -2.44. The van der Waals surface area contributed by atoms with Gasteiger partial charge in [-0.3, -0.25) is 14.4 Å². The summed E-state index contributed by atoms with van der Waals surface area (Å²) in [6.07, 6.45) is 6.15. The molecule has 6 nitrogen and oxygen atoms in total. The number of alkyl halides is 4. The summed E-state index contributed by atoms with van der Waals surface area (Å²) in [6, 6.07) is 0. The van der Waals surface area contributed by atoms with E-state index in [0.29, 0.717) is 12.3 Å². The van der Waals surface area contributed by atoms with Crippen molar-refractivity contribution in [3.8, 4) is 0 Å². The number of fused-ring (bicyclic) bond motifs is 3. The zero-order valence-corrected chi connectivity index (χ0v) is 20.4. The van der Waals surface area contributed by atoms with Gasteiger partial charge in [-0.05, 0) is 49.9 Å². The maximum absolute atomic E-state index is 13.5. The fourth-order valence-electron chi connectivity index (χ4n) is 7.70. The van der Waals surface area contributed by atoms with Crippen molar-refractivity contribution >= 4 is 17.9 Å². The van der Waals surface area contributed by atoms with Gasteiger partial charge in [0.25, 0.3) is 0 Å². The summed E-state index contributed by atoms with van der Waals surface area (Å²) in [5.41, 5.74) is 0. The molecule has 5 fully saturated rings. The summed E-state index contributed by atoms with van der Waals surface area (Å²) in [7, 11) is 0. The number of carbonyl (C=O) groups excluding carboxylic acids is 3. The van der Waals surface area contributed by atoms with Crippen molar-refractivity contribution in [1.82, 2.24) is 0 Å². The highest BCUT2D eigenvalue weighted by Crippen LogP contribution is 2.59. The molecule has 0 N–H and O–H groups in total. The van der Waals surface area contributed by atoms with E-state index in [4.69, 9.17) is 14.2 Å². The minimum absolute atomic E-state index is 0.109. The summed E-state index contributed by atoms with van der Waals surface area (Å²) in [4.78, 5) is 37.9. The Hall–Kier alpha value is -1.87. The van der Waals surface area contributed by atoms with Crippen LogP contribution in [0.5, 0.6) is 0 Å². The van der Waals surface area contributed by atoms with Crippen LogP contribution in [0.25, 0.3) is 0 Å². The Balaban J connectivity index is 1.16. The van der Waals surface area contributed by atoms with Gasteiger partial charge in [-0.1, -0.05) is 19.3 Å². The molecule has 4 saturated carbocycles. The summed E-state index contributed by atoms with van der Waals surface area (Å²) < 4.78 is 69.2. The van der Waals surface area contributed by atoms with E-state index in [9.17, 15) is 31.9 Å². The van der Waals surface area contributed by atoms with E-state index in [1.807, 2.05) is 0 Å². The van der Waals surface area contributed by atoms with Gasteiger partial charge in [0, 0.05) is 25.2 Å². The van der Waals surface area contributed by atoms with Gasteiger partial charge in [-0.2, -0.15) is 8.78 Å². The molecule has 0 spiro atoms. The Morgan fingerprint density at radius 3 is 2.39 bits per heavy atom. The van der Waals surface area contributed by atoms with Crippen molar-refractivity contribution in [3.05, 3.63) is 0 Å². The Kier molecular flexibility index (Phi) is 6.77. The second-order valence-electron chi connectivity index (χ2n) is 11.8. The maximum atomic E-state index is 13.5. The Morgan fingerprint density at radius 2 is 1.72 bits per heavy atom. The van der Waals surface area contributed by atoms with Crippen LogP contribution in [-0.4, -0.2) is 48.6 Å². The number of esters is 3. The minimum Gasteiger partial charge on any atom is -0.465 e. The smallest absolute Gasteiger partial charge is 0.313 e. The number of ether oxygens (including phenoxy) is 3. The van der Waals surface area contributed by atoms with E-state index in [0.717, 1.165) is 31.1 Å². The van der Waals surface area contributed by atoms with Crippen molar-refractivity contribution in [2.24, 2.45) is 41.4 Å². The largest absolute Gasteiger partial charge is 0.465 e. The maximum Gasteiger partial charge on any atom is 0.313 e. The van der Waals surface area contributed by atoms with E-state index in [-0.39, 0.29) is 25.2 Å². The van der Waals surface area contributed by atoms with Crippen molar-refractivity contribution < 1.29 is 46.2 Å². The van der Waals surface area contributed by atoms with Crippen molar-refractivity contribution in [1.29, 1.82) is 0 Å². The molecule has 202 valence electrons. The number of halogens is 4. The molecule has 8 unspecified atom stereocenters. The van der Waals surface area contributed by atoms with E-state index in [1.165, 1.54) is 25.7 Å². The lowest BCUT2D eigenvalue weighted by atomic mass is 9.67. The van der Waals surface area contributed by atoms with Crippen LogP contribution >= 0.6 is 0 Å². The third kappa shape index (κ3) is 4.73. The third-order valence-electron chi connectivity index (χ3n) is 9.37. The highest BCUT2D eigenvalue weighted by molar-refractivity contribution is 5.86. The number of carbonyl (C=O) groups is 3. The molecule has 0 amide bonds. The first kappa shape index (κ1) is 25.8. The molecule has 8 atom stereocenters. The van der Waals surface area contributed by atoms with Crippen LogP contribution in [0.2, 0.25) is 0 Å². The zero-order valence-electron chi connectivity index (χ0n) is 20.4. The summed E-state index contributed by atoms with van der Waals surface area (Å²) in [6.45, 7) is -0.791. The van der Waals surface area contributed by atoms with Gasteiger partial charge in [0.1, 0.15) is 12.2 Å². The minimum atomic E-state index is -4.33. The first-order valence-corrected chi connectivity index (χ1v) is 13.3. The highest BCUT2D eigenvalue weighted by atomic mass is 19.3. The molecule has 4 aliphatic carbocycles. The van der Waals surface area contributed by atoms with Crippen LogP contribution in [0.3, 0.4) is 0 Å². The van der Waals surface area contributed by atoms with Crippen LogP contribution in [0.4, 0.5) is 17.6 Å². The van der Waals surface area contributed by atoms with Gasteiger partial charge in [0.2, 0.25) is 0 Å². The predicted molar refractivity (Wildman–Crippen MR) is 117 cm³/mol. The highest BCUT2D eigenvalue weighted by Gasteiger charge is 2.70. The SMILES string of the molecule is CC(F)(F)C(F)(F)CCOC(=O)C1C2CC3C(OC(=O)C31)C2OC(=O)CCC1CC2CCCC(C2)C1. The number of hydrogen-bond donors (Lipinski definition) is 0. The van der Waals surface area contributed by atoms with Crippen molar-refractivity contribution in [2.75, 3.05) is 6.61 Å². The number of rotatable bonds is 9. The molecule has 1 aliphatic heterocycles. The monoisotopic (exact) mass is 518 g/mol. The molecular weight excluding hydrogens is 484 g/mol. The van der Waals surface area contributed by atoms with Gasteiger partial charge >= 0.3 is 29.8 Å². The first-order chi connectivity index (χ1) is 16.9. The molecular formula is C26H34F4O6. The van der Waals surface area contributed by atoms with Crippen LogP contribution in [-0.2, 0) is 28.6 Å². The van der Waals surface area contributed by atoms with Crippen molar-refractivity contribution in [3.63, 3.8) is 0 Å². The second kappa shape index (κ2) is 9.46. The first-order valence-electron chi connectivity index (χ1n) is 13.3. The van der Waals surface area contributed by atoms with E-state index in [1.54, 1.807) is 0 Å². The average Bonchev–Trinajstić information content (AvgIpc) is 3.40. The van der Waals surface area contributed by atoms with Crippen LogP contribution in [0.15, 0.2) is 0 Å². The van der Waals surface area contributed by atoms with Gasteiger partial charge in [0.05, 0.1) is 24.9 Å². The Bertz CT molecular complexity index is 876. The summed E-state index contributed by atoms with van der Waals surface area (Å²) in [5.74, 6) is -11.0. The predicted octanol–water partition coefficient (Wildman–Crippen LogP) is 4.93. The van der Waals surface area contributed by atoms with E-state index in [2.05, 4.69) is 0 Å². The van der Waals surface area contributed by atoms with Crippen molar-refractivity contribution in [2.45, 2.75) is 95.2 Å². The molecule has 0 aromatic carbocycles. The molecule has 5 aliphatic rings. The molecule has 0 aromatic rings. The number of hydrogen-bond acceptors (Lipinski definition) is 6. The third-order valence-corrected chi connectivity index (χ3v) is 9.37. The fourth-order valence-corrected chi connectivity index (χ4v) is 7.70. The molecule has 0 aromatic heterocycles. The average molecular weight is 519 g/mol. The summed E-state index contributed by atoms with van der Waals surface area (Å²) >= 11 is 0. The summed E-state index contributed by atoms with van der Waals surface area (Å²) in [5, 5.41) is 0. The molecule has 1 saturated heterocycles. The van der Waals surface area contributed by atoms with Gasteiger partial charge in [-0.25, -0.2) is 8.78 Å². The molecule has 10 heteroatoms. The standard InChI is InChI=1S/C26H34F4O6/c1-25(27,28)26(29,30)7-8-34-23(32)19-16-12-17-20(19)24(33)36-22(17)21(16)35-18(31)6-5-15-10-13-3-2-4-14(9-13)11-15/h13-17,19-22H,2-12H2,1H3. The zero-order chi connectivity index (χ0) is 25.8. The van der Waals surface area contributed by atoms with Gasteiger partial charge < -0.3 is 14.2 Å². The van der Waals surface area contributed by atoms with Crippen LogP contribution in [0.1, 0.15) is 71.1 Å². The second-order valence-corrected chi connectivity index (χ2v) is 11.8. The van der Waals surface area contributed by atoms with Crippen LogP contribution < -0.4 is 0 Å².